The molecule has 37 heavy (non-hydrogen) atoms. The first-order valence-corrected chi connectivity index (χ1v) is 13.3. The van der Waals surface area contributed by atoms with Crippen LogP contribution in [0.15, 0.2) is 48.5 Å². The Balaban J connectivity index is 1.73. The molecule has 1 fully saturated rings. The highest BCUT2D eigenvalue weighted by Crippen LogP contribution is 2.26. The van der Waals surface area contributed by atoms with Crippen molar-refractivity contribution in [2.75, 3.05) is 24.0 Å². The molecule has 1 aliphatic rings. The summed E-state index contributed by atoms with van der Waals surface area (Å²) in [6.45, 7) is 7.09. The Morgan fingerprint density at radius 3 is 2.51 bits per heavy atom. The van der Waals surface area contributed by atoms with Gasteiger partial charge in [0.1, 0.15) is 11.8 Å². The summed E-state index contributed by atoms with van der Waals surface area (Å²) in [6.07, 6.45) is -1.34. The molecule has 3 amide bonds. The lowest BCUT2D eigenvalue weighted by atomic mass is 9.99. The van der Waals surface area contributed by atoms with E-state index in [2.05, 4.69) is 10.6 Å². The number of carbonyl (C=O) groups excluding carboxylic acids is 3. The van der Waals surface area contributed by atoms with Crippen molar-refractivity contribution in [3.63, 3.8) is 0 Å². The highest BCUT2D eigenvalue weighted by Gasteiger charge is 2.40. The van der Waals surface area contributed by atoms with Gasteiger partial charge < -0.3 is 31.1 Å². The van der Waals surface area contributed by atoms with Crippen LogP contribution in [-0.4, -0.2) is 69.7 Å². The number of aliphatic hydroxyl groups is 1. The predicted octanol–water partition coefficient (Wildman–Crippen LogP) is 1.86. The van der Waals surface area contributed by atoms with Gasteiger partial charge in [-0.3, -0.25) is 14.4 Å². The number of nitrogens with zero attached hydrogens (tertiary/aromatic N) is 1. The topological polar surface area (TPSA) is 134 Å². The molecule has 3 atom stereocenters. The van der Waals surface area contributed by atoms with Crippen molar-refractivity contribution in [3.8, 4) is 5.75 Å². The van der Waals surface area contributed by atoms with Crippen LogP contribution in [0.25, 0.3) is 0 Å². The number of amides is 3. The third-order valence-electron chi connectivity index (χ3n) is 5.84. The van der Waals surface area contributed by atoms with Gasteiger partial charge in [-0.25, -0.2) is 0 Å². The summed E-state index contributed by atoms with van der Waals surface area (Å²) in [7, 11) is 0. The van der Waals surface area contributed by atoms with E-state index >= 15 is 0 Å². The Morgan fingerprint density at radius 2 is 1.86 bits per heavy atom. The molecule has 0 radical (unpaired) electrons. The summed E-state index contributed by atoms with van der Waals surface area (Å²) in [5, 5.41) is 16.8. The zero-order valence-corrected chi connectivity index (χ0v) is 22.5. The van der Waals surface area contributed by atoms with Crippen LogP contribution < -0.4 is 21.1 Å². The SMILES string of the molecule is Cc1cccc(N)c1OCC(=O)N[C@@H](Cc1ccccc1)[C@H](O)C(=O)N1CSC[C@H]1C(=O)NC(C)(C)C. The van der Waals surface area contributed by atoms with Gasteiger partial charge in [-0.2, -0.15) is 0 Å². The Bertz CT molecular complexity index is 1090. The first-order chi connectivity index (χ1) is 17.5. The zero-order valence-electron chi connectivity index (χ0n) is 21.7. The van der Waals surface area contributed by atoms with Gasteiger partial charge in [-0.1, -0.05) is 42.5 Å². The minimum absolute atomic E-state index is 0.214. The quantitative estimate of drug-likeness (QED) is 0.365. The molecule has 0 aliphatic carbocycles. The number of ether oxygens (including phenoxy) is 1. The van der Waals surface area contributed by atoms with Gasteiger partial charge in [-0.05, 0) is 51.3 Å². The lowest BCUT2D eigenvalue weighted by Gasteiger charge is -2.31. The van der Waals surface area contributed by atoms with Gasteiger partial charge in [0.2, 0.25) is 5.91 Å². The molecule has 0 bridgehead atoms. The number of hydrogen-bond donors (Lipinski definition) is 4. The number of nitrogen functional groups attached to an aromatic ring is 1. The molecule has 0 unspecified atom stereocenters. The number of hydrogen-bond acceptors (Lipinski definition) is 7. The van der Waals surface area contributed by atoms with Crippen LogP contribution in [-0.2, 0) is 20.8 Å². The number of nitrogens with one attached hydrogen (secondary N) is 2. The van der Waals surface area contributed by atoms with Gasteiger partial charge >= 0.3 is 0 Å². The molecule has 10 heteroatoms. The number of benzene rings is 2. The molecule has 2 aromatic rings. The summed E-state index contributed by atoms with van der Waals surface area (Å²) in [4.78, 5) is 40.4. The molecule has 0 aromatic heterocycles. The van der Waals surface area contributed by atoms with Crippen molar-refractivity contribution in [2.24, 2.45) is 0 Å². The van der Waals surface area contributed by atoms with Crippen molar-refractivity contribution in [2.45, 2.75) is 57.8 Å². The molecule has 9 nitrogen and oxygen atoms in total. The smallest absolute Gasteiger partial charge is 0.258 e. The normalized spacial score (nSPS) is 17.1. The maximum Gasteiger partial charge on any atom is 0.258 e. The molecule has 0 saturated carbocycles. The van der Waals surface area contributed by atoms with Crippen molar-refractivity contribution in [1.29, 1.82) is 0 Å². The van der Waals surface area contributed by atoms with Crippen LogP contribution in [0.1, 0.15) is 31.9 Å². The van der Waals surface area contributed by atoms with E-state index in [1.54, 1.807) is 12.1 Å². The Kier molecular flexibility index (Phi) is 9.45. The Morgan fingerprint density at radius 1 is 1.16 bits per heavy atom. The Hall–Kier alpha value is -3.24. The molecule has 2 aromatic carbocycles. The second-order valence-corrected chi connectivity index (χ2v) is 11.2. The van der Waals surface area contributed by atoms with Crippen molar-refractivity contribution in [3.05, 3.63) is 59.7 Å². The molecular formula is C27H36N4O5S. The van der Waals surface area contributed by atoms with Crippen LogP contribution in [0.2, 0.25) is 0 Å². The average molecular weight is 529 g/mol. The second kappa shape index (κ2) is 12.3. The molecule has 5 N–H and O–H groups in total. The number of carbonyl (C=O) groups is 3. The lowest BCUT2D eigenvalue weighted by molar-refractivity contribution is -0.147. The fourth-order valence-corrected chi connectivity index (χ4v) is 5.20. The summed E-state index contributed by atoms with van der Waals surface area (Å²) >= 11 is 1.44. The summed E-state index contributed by atoms with van der Waals surface area (Å²) in [5.74, 6) is -0.263. The molecule has 1 saturated heterocycles. The number of para-hydroxylation sites is 1. The number of aliphatic hydroxyl groups excluding tert-OH is 1. The monoisotopic (exact) mass is 528 g/mol. The summed E-state index contributed by atoms with van der Waals surface area (Å²) in [5.41, 5.74) is 7.54. The van der Waals surface area contributed by atoms with Crippen LogP contribution in [0, 0.1) is 6.92 Å². The van der Waals surface area contributed by atoms with Crippen molar-refractivity contribution < 1.29 is 24.2 Å². The first-order valence-electron chi connectivity index (χ1n) is 12.2. The Labute approximate surface area is 222 Å². The molecule has 1 heterocycles. The highest BCUT2D eigenvalue weighted by atomic mass is 32.2. The van der Waals surface area contributed by atoms with Crippen LogP contribution in [0.4, 0.5) is 5.69 Å². The van der Waals surface area contributed by atoms with E-state index in [-0.39, 0.29) is 24.8 Å². The fraction of sp³-hybridized carbons (Fsp3) is 0.444. The van der Waals surface area contributed by atoms with Gasteiger partial charge in [0.25, 0.3) is 11.8 Å². The third-order valence-corrected chi connectivity index (χ3v) is 6.85. The van der Waals surface area contributed by atoms with Crippen LogP contribution in [0.5, 0.6) is 5.75 Å². The van der Waals surface area contributed by atoms with Crippen molar-refractivity contribution >= 4 is 35.2 Å². The average Bonchev–Trinajstić information content (AvgIpc) is 3.32. The highest BCUT2D eigenvalue weighted by molar-refractivity contribution is 7.99. The van der Waals surface area contributed by atoms with Crippen molar-refractivity contribution in [1.82, 2.24) is 15.5 Å². The van der Waals surface area contributed by atoms with E-state index in [4.69, 9.17) is 10.5 Å². The van der Waals surface area contributed by atoms with E-state index < -0.39 is 35.5 Å². The van der Waals surface area contributed by atoms with Gasteiger partial charge in [0.15, 0.2) is 12.7 Å². The maximum atomic E-state index is 13.4. The summed E-state index contributed by atoms with van der Waals surface area (Å²) in [6, 6.07) is 12.9. The molecule has 200 valence electrons. The van der Waals surface area contributed by atoms with Gasteiger partial charge in [-0.15, -0.1) is 11.8 Å². The van der Waals surface area contributed by atoms with E-state index in [9.17, 15) is 19.5 Å². The van der Waals surface area contributed by atoms with E-state index in [1.807, 2.05) is 64.1 Å². The molecule has 3 rings (SSSR count). The largest absolute Gasteiger partial charge is 0.481 e. The predicted molar refractivity (Wildman–Crippen MR) is 145 cm³/mol. The number of anilines is 1. The second-order valence-electron chi connectivity index (χ2n) is 10.2. The zero-order chi connectivity index (χ0) is 27.2. The first kappa shape index (κ1) is 28.3. The van der Waals surface area contributed by atoms with Crippen LogP contribution >= 0.6 is 11.8 Å². The maximum absolute atomic E-state index is 13.4. The third kappa shape index (κ3) is 7.87. The standard InChI is InChI=1S/C27H36N4O5S/c1-17-9-8-12-19(28)24(17)36-14-22(32)29-20(13-18-10-6-5-7-11-18)23(33)26(35)31-16-37-15-21(31)25(34)30-27(2,3)4/h5-12,20-21,23,33H,13-16,28H2,1-4H3,(H,29,32)(H,30,34)/t20-,21-,23-/m0/s1. The van der Waals surface area contributed by atoms with Gasteiger partial charge in [0, 0.05) is 11.3 Å². The number of thioether (sulfide) groups is 1. The van der Waals surface area contributed by atoms with Crippen LogP contribution in [0.3, 0.4) is 0 Å². The van der Waals surface area contributed by atoms with Gasteiger partial charge in [0.05, 0.1) is 17.6 Å². The molecule has 1 aliphatic heterocycles. The van der Waals surface area contributed by atoms with E-state index in [1.165, 1.54) is 16.7 Å². The van der Waals surface area contributed by atoms with E-state index in [0.717, 1.165) is 11.1 Å². The molecule has 0 spiro atoms. The number of aryl methyl sites for hydroxylation is 1. The molecular weight excluding hydrogens is 492 g/mol. The lowest BCUT2D eigenvalue weighted by Crippen LogP contribution is -2.58. The fourth-order valence-electron chi connectivity index (χ4n) is 4.04. The number of nitrogens with two attached hydrogens (primary N) is 1. The number of rotatable bonds is 9. The summed E-state index contributed by atoms with van der Waals surface area (Å²) < 4.78 is 5.65. The minimum atomic E-state index is -1.56. The minimum Gasteiger partial charge on any atom is -0.481 e. The van der Waals surface area contributed by atoms with E-state index in [0.29, 0.717) is 17.2 Å².